The number of halogens is 2. The normalized spacial score (nSPS) is 17.0. The van der Waals surface area contributed by atoms with E-state index in [0.29, 0.717) is 12.5 Å². The molecule has 1 aromatic carbocycles. The van der Waals surface area contributed by atoms with E-state index >= 15 is 0 Å². The third-order valence-corrected chi connectivity index (χ3v) is 5.84. The maximum absolute atomic E-state index is 13.2. The van der Waals surface area contributed by atoms with Crippen LogP contribution >= 0.6 is 11.6 Å². The average molecular weight is 335 g/mol. The molecule has 7 heteroatoms. The first-order valence-electron chi connectivity index (χ1n) is 7.14. The van der Waals surface area contributed by atoms with E-state index in [-0.39, 0.29) is 15.6 Å². The van der Waals surface area contributed by atoms with Gasteiger partial charge in [0.25, 0.3) is 0 Å². The minimum atomic E-state index is -3.76. The molecule has 0 aromatic heterocycles. The van der Waals surface area contributed by atoms with Gasteiger partial charge in [0.2, 0.25) is 10.0 Å². The second-order valence-electron chi connectivity index (χ2n) is 5.49. The van der Waals surface area contributed by atoms with Crippen molar-refractivity contribution < 1.29 is 12.8 Å². The molecular formula is C14H20ClFN2O2S. The standard InChI is InChI=1S/C14H20ClFN2O2S/c15-11-8-12(16)13(17)9-14(11)21(19,20)18-7-6-10-4-2-1-3-5-10/h8-10,18H,1-7,17H2. The van der Waals surface area contributed by atoms with Gasteiger partial charge in [0.05, 0.1) is 10.7 Å². The van der Waals surface area contributed by atoms with Gasteiger partial charge in [-0.1, -0.05) is 43.7 Å². The Morgan fingerprint density at radius 1 is 1.29 bits per heavy atom. The van der Waals surface area contributed by atoms with E-state index in [2.05, 4.69) is 4.72 Å². The topological polar surface area (TPSA) is 72.2 Å². The van der Waals surface area contributed by atoms with Gasteiger partial charge in [0.1, 0.15) is 10.7 Å². The Morgan fingerprint density at radius 2 is 1.95 bits per heavy atom. The summed E-state index contributed by atoms with van der Waals surface area (Å²) in [7, 11) is -3.76. The largest absolute Gasteiger partial charge is 0.396 e. The lowest BCUT2D eigenvalue weighted by Crippen LogP contribution is -2.27. The van der Waals surface area contributed by atoms with Crippen LogP contribution in [0.4, 0.5) is 10.1 Å². The van der Waals surface area contributed by atoms with Crippen molar-refractivity contribution >= 4 is 27.3 Å². The van der Waals surface area contributed by atoms with Crippen molar-refractivity contribution in [3.8, 4) is 0 Å². The van der Waals surface area contributed by atoms with Crippen LogP contribution in [0.5, 0.6) is 0 Å². The van der Waals surface area contributed by atoms with Gasteiger partial charge in [0.15, 0.2) is 0 Å². The molecule has 1 fully saturated rings. The van der Waals surface area contributed by atoms with Gasteiger partial charge in [-0.25, -0.2) is 17.5 Å². The zero-order chi connectivity index (χ0) is 15.5. The monoisotopic (exact) mass is 334 g/mol. The quantitative estimate of drug-likeness (QED) is 0.811. The molecule has 2 rings (SSSR count). The van der Waals surface area contributed by atoms with E-state index < -0.39 is 15.8 Å². The molecule has 0 radical (unpaired) electrons. The summed E-state index contributed by atoms with van der Waals surface area (Å²) in [4.78, 5) is -0.174. The zero-order valence-electron chi connectivity index (χ0n) is 11.7. The number of nitrogens with two attached hydrogens (primary N) is 1. The summed E-state index contributed by atoms with van der Waals surface area (Å²) in [5.74, 6) is -0.142. The summed E-state index contributed by atoms with van der Waals surface area (Å²) in [5, 5.41) is -0.160. The highest BCUT2D eigenvalue weighted by atomic mass is 35.5. The van der Waals surface area contributed by atoms with E-state index in [1.54, 1.807) is 0 Å². The van der Waals surface area contributed by atoms with Crippen molar-refractivity contribution in [2.75, 3.05) is 12.3 Å². The molecular weight excluding hydrogens is 315 g/mol. The molecule has 0 amide bonds. The highest BCUT2D eigenvalue weighted by Gasteiger charge is 2.21. The van der Waals surface area contributed by atoms with Crippen LogP contribution in [0, 0.1) is 11.7 Å². The molecule has 1 saturated carbocycles. The van der Waals surface area contributed by atoms with Gasteiger partial charge in [0, 0.05) is 6.54 Å². The lowest BCUT2D eigenvalue weighted by molar-refractivity contribution is 0.339. The molecule has 0 unspecified atom stereocenters. The lowest BCUT2D eigenvalue weighted by Gasteiger charge is -2.21. The molecule has 0 heterocycles. The van der Waals surface area contributed by atoms with Gasteiger partial charge in [-0.3, -0.25) is 0 Å². The fraction of sp³-hybridized carbons (Fsp3) is 0.571. The van der Waals surface area contributed by atoms with Crippen molar-refractivity contribution in [1.82, 2.24) is 4.72 Å². The Labute approximate surface area is 129 Å². The Kier molecular flexibility index (Phi) is 5.46. The molecule has 4 nitrogen and oxygen atoms in total. The van der Waals surface area contributed by atoms with Crippen LogP contribution in [0.1, 0.15) is 38.5 Å². The predicted molar refractivity (Wildman–Crippen MR) is 82.2 cm³/mol. The first-order valence-corrected chi connectivity index (χ1v) is 9.00. The highest BCUT2D eigenvalue weighted by Crippen LogP contribution is 2.28. The molecule has 1 aliphatic rings. The maximum Gasteiger partial charge on any atom is 0.242 e. The van der Waals surface area contributed by atoms with Crippen molar-refractivity contribution in [3.63, 3.8) is 0 Å². The Bertz CT molecular complexity index is 601. The predicted octanol–water partition coefficient (Wildman–Crippen LogP) is 3.31. The SMILES string of the molecule is Nc1cc(S(=O)(=O)NCCC2CCCCC2)c(Cl)cc1F. The van der Waals surface area contributed by atoms with Crippen molar-refractivity contribution in [2.45, 2.75) is 43.4 Å². The van der Waals surface area contributed by atoms with E-state index in [1.165, 1.54) is 19.3 Å². The van der Waals surface area contributed by atoms with Gasteiger partial charge < -0.3 is 5.73 Å². The first-order chi connectivity index (χ1) is 9.90. The van der Waals surface area contributed by atoms with Crippen LogP contribution in [0.2, 0.25) is 5.02 Å². The lowest BCUT2D eigenvalue weighted by atomic mass is 9.87. The third kappa shape index (κ3) is 4.31. The number of rotatable bonds is 5. The van der Waals surface area contributed by atoms with Crippen molar-refractivity contribution in [2.24, 2.45) is 5.92 Å². The number of nitrogen functional groups attached to an aromatic ring is 1. The van der Waals surface area contributed by atoms with Crippen molar-refractivity contribution in [1.29, 1.82) is 0 Å². The number of sulfonamides is 1. The van der Waals surface area contributed by atoms with E-state index in [1.807, 2.05) is 0 Å². The first kappa shape index (κ1) is 16.5. The minimum Gasteiger partial charge on any atom is -0.396 e. The van der Waals surface area contributed by atoms with Gasteiger partial charge in [-0.2, -0.15) is 0 Å². The Hall–Kier alpha value is -0.850. The Morgan fingerprint density at radius 3 is 2.62 bits per heavy atom. The molecule has 1 aromatic rings. The van der Waals surface area contributed by atoms with E-state index in [0.717, 1.165) is 31.4 Å². The summed E-state index contributed by atoms with van der Waals surface area (Å²) >= 11 is 5.80. The van der Waals surface area contributed by atoms with Gasteiger partial charge in [-0.15, -0.1) is 0 Å². The van der Waals surface area contributed by atoms with Crippen LogP contribution in [0.3, 0.4) is 0 Å². The number of anilines is 1. The number of nitrogens with one attached hydrogen (secondary N) is 1. The van der Waals surface area contributed by atoms with E-state index in [9.17, 15) is 12.8 Å². The van der Waals surface area contributed by atoms with Crippen molar-refractivity contribution in [3.05, 3.63) is 23.0 Å². The Balaban J connectivity index is 1.99. The molecule has 0 aliphatic heterocycles. The fourth-order valence-electron chi connectivity index (χ4n) is 2.70. The number of hydrogen-bond acceptors (Lipinski definition) is 3. The number of benzene rings is 1. The summed E-state index contributed by atoms with van der Waals surface area (Å²) in [5.41, 5.74) is 5.18. The zero-order valence-corrected chi connectivity index (χ0v) is 13.3. The smallest absolute Gasteiger partial charge is 0.242 e. The van der Waals surface area contributed by atoms with Crippen LogP contribution in [-0.2, 0) is 10.0 Å². The highest BCUT2D eigenvalue weighted by molar-refractivity contribution is 7.89. The maximum atomic E-state index is 13.2. The summed E-state index contributed by atoms with van der Waals surface area (Å²) in [6.07, 6.45) is 6.84. The van der Waals surface area contributed by atoms with E-state index in [4.69, 9.17) is 17.3 Å². The van der Waals surface area contributed by atoms with Crippen LogP contribution in [0.15, 0.2) is 17.0 Å². The second kappa shape index (κ2) is 6.94. The third-order valence-electron chi connectivity index (χ3n) is 3.91. The molecule has 21 heavy (non-hydrogen) atoms. The van der Waals surface area contributed by atoms with Gasteiger partial charge in [-0.05, 0) is 24.5 Å². The molecule has 0 saturated heterocycles. The summed E-state index contributed by atoms with van der Waals surface area (Å²) in [6, 6.07) is 1.98. The fourth-order valence-corrected chi connectivity index (χ4v) is 4.30. The number of hydrogen-bond donors (Lipinski definition) is 2. The molecule has 118 valence electrons. The average Bonchev–Trinajstić information content (AvgIpc) is 2.43. The van der Waals surface area contributed by atoms with Crippen LogP contribution < -0.4 is 10.5 Å². The van der Waals surface area contributed by atoms with Crippen LogP contribution in [0.25, 0.3) is 0 Å². The summed E-state index contributed by atoms with van der Waals surface area (Å²) < 4.78 is 40.1. The summed E-state index contributed by atoms with van der Waals surface area (Å²) in [6.45, 7) is 0.362. The molecule has 1 aliphatic carbocycles. The van der Waals surface area contributed by atoms with Gasteiger partial charge >= 0.3 is 0 Å². The molecule has 3 N–H and O–H groups in total. The minimum absolute atomic E-state index is 0.160. The molecule has 0 bridgehead atoms. The molecule has 0 atom stereocenters. The van der Waals surface area contributed by atoms with Crippen LogP contribution in [-0.4, -0.2) is 15.0 Å². The molecule has 0 spiro atoms. The second-order valence-corrected chi connectivity index (χ2v) is 7.64.